The second-order valence-corrected chi connectivity index (χ2v) is 9.42. The Bertz CT molecular complexity index is 1060. The quantitative estimate of drug-likeness (QED) is 0.307. The molecule has 0 spiro atoms. The number of pyridine rings is 1. The number of thiocarbonyl (C=S) groups is 1. The van der Waals surface area contributed by atoms with Gasteiger partial charge in [0, 0.05) is 19.3 Å². The zero-order chi connectivity index (χ0) is 22.4. The molecule has 31 heavy (non-hydrogen) atoms. The van der Waals surface area contributed by atoms with Gasteiger partial charge in [-0.15, -0.1) is 0 Å². The fourth-order valence-electron chi connectivity index (χ4n) is 3.57. The summed E-state index contributed by atoms with van der Waals surface area (Å²) in [5.74, 6) is 0.359. The summed E-state index contributed by atoms with van der Waals surface area (Å²) in [5.41, 5.74) is 1.71. The Labute approximate surface area is 193 Å². The average Bonchev–Trinajstić information content (AvgIpc) is 3.01. The number of nitrogens with zero attached hydrogens (tertiary/aromatic N) is 3. The van der Waals surface area contributed by atoms with E-state index in [0.29, 0.717) is 39.3 Å². The van der Waals surface area contributed by atoms with Gasteiger partial charge in [-0.25, -0.2) is 4.98 Å². The Kier molecular flexibility index (Phi) is 8.26. The number of nitrogens with one attached hydrogen (secondary N) is 1. The first-order valence-electron chi connectivity index (χ1n) is 11.0. The van der Waals surface area contributed by atoms with Crippen LogP contribution >= 0.6 is 24.0 Å². The molecule has 0 saturated carbocycles. The molecular weight excluding hydrogens is 428 g/mol. The summed E-state index contributed by atoms with van der Waals surface area (Å²) in [4.78, 5) is 32.9. The minimum atomic E-state index is -0.203. The molecule has 2 aromatic rings. The Balaban J connectivity index is 1.84. The summed E-state index contributed by atoms with van der Waals surface area (Å²) in [7, 11) is 0. The van der Waals surface area contributed by atoms with Gasteiger partial charge in [-0.1, -0.05) is 69.1 Å². The van der Waals surface area contributed by atoms with E-state index in [1.54, 1.807) is 17.2 Å². The zero-order valence-electron chi connectivity index (χ0n) is 18.4. The van der Waals surface area contributed by atoms with Crippen LogP contribution in [0, 0.1) is 6.92 Å². The average molecular weight is 459 g/mol. The number of unbranched alkanes of at least 4 members (excludes halogenated alkanes) is 5. The SMILES string of the molecule is CCCCCCCCN1C(=O)/C(=C\c2c(NCC)nc3ccc(C)cn3c2=O)SC1=S. The zero-order valence-corrected chi connectivity index (χ0v) is 20.1. The first kappa shape index (κ1) is 23.5. The third-order valence-corrected chi connectivity index (χ3v) is 6.61. The van der Waals surface area contributed by atoms with Crippen LogP contribution in [0.3, 0.4) is 0 Å². The summed E-state index contributed by atoms with van der Waals surface area (Å²) in [6, 6.07) is 3.74. The summed E-state index contributed by atoms with van der Waals surface area (Å²) in [5, 5.41) is 3.16. The molecule has 166 valence electrons. The highest BCUT2D eigenvalue weighted by atomic mass is 32.2. The molecule has 6 nitrogen and oxygen atoms in total. The molecule has 0 unspecified atom stereocenters. The minimum absolute atomic E-state index is 0.125. The van der Waals surface area contributed by atoms with Gasteiger partial charge in [-0.2, -0.15) is 0 Å². The van der Waals surface area contributed by atoms with Crippen molar-refractivity contribution in [3.05, 3.63) is 44.7 Å². The molecule has 0 bridgehead atoms. The van der Waals surface area contributed by atoms with E-state index in [1.807, 2.05) is 26.0 Å². The molecule has 2 aromatic heterocycles. The van der Waals surface area contributed by atoms with E-state index in [0.717, 1.165) is 18.4 Å². The van der Waals surface area contributed by atoms with Crippen molar-refractivity contribution in [1.82, 2.24) is 14.3 Å². The van der Waals surface area contributed by atoms with Crippen molar-refractivity contribution < 1.29 is 4.79 Å². The summed E-state index contributed by atoms with van der Waals surface area (Å²) in [6.45, 7) is 7.32. The molecule has 0 atom stereocenters. The molecule has 1 aliphatic heterocycles. The summed E-state index contributed by atoms with van der Waals surface area (Å²) in [6.07, 6.45) is 10.3. The van der Waals surface area contributed by atoms with Crippen molar-refractivity contribution in [2.75, 3.05) is 18.4 Å². The van der Waals surface area contributed by atoms with Crippen molar-refractivity contribution in [3.63, 3.8) is 0 Å². The molecule has 3 rings (SSSR count). The highest BCUT2D eigenvalue weighted by molar-refractivity contribution is 8.26. The largest absolute Gasteiger partial charge is 0.370 e. The van der Waals surface area contributed by atoms with E-state index in [9.17, 15) is 9.59 Å². The van der Waals surface area contributed by atoms with Crippen molar-refractivity contribution >= 4 is 51.7 Å². The lowest BCUT2D eigenvalue weighted by molar-refractivity contribution is -0.122. The second kappa shape index (κ2) is 10.9. The fourth-order valence-corrected chi connectivity index (χ4v) is 4.86. The van der Waals surface area contributed by atoms with Crippen LogP contribution in [-0.4, -0.2) is 37.6 Å². The number of hydrogen-bond acceptors (Lipinski definition) is 6. The van der Waals surface area contributed by atoms with Crippen molar-refractivity contribution in [1.29, 1.82) is 0 Å². The normalized spacial score (nSPS) is 15.5. The monoisotopic (exact) mass is 458 g/mol. The smallest absolute Gasteiger partial charge is 0.267 e. The van der Waals surface area contributed by atoms with Gasteiger partial charge in [0.25, 0.3) is 11.5 Å². The van der Waals surface area contributed by atoms with Crippen LogP contribution in [0.1, 0.15) is 63.5 Å². The summed E-state index contributed by atoms with van der Waals surface area (Å²) < 4.78 is 2.08. The molecule has 3 heterocycles. The van der Waals surface area contributed by atoms with Crippen molar-refractivity contribution in [3.8, 4) is 0 Å². The molecule has 1 N–H and O–H groups in total. The predicted octanol–water partition coefficient (Wildman–Crippen LogP) is 5.00. The van der Waals surface area contributed by atoms with E-state index in [-0.39, 0.29) is 11.5 Å². The predicted molar refractivity (Wildman–Crippen MR) is 134 cm³/mol. The molecule has 1 saturated heterocycles. The Morgan fingerprint density at radius 3 is 2.61 bits per heavy atom. The van der Waals surface area contributed by atoms with Gasteiger partial charge < -0.3 is 5.32 Å². The lowest BCUT2D eigenvalue weighted by Crippen LogP contribution is -2.29. The number of hydrogen-bond donors (Lipinski definition) is 1. The Morgan fingerprint density at radius 1 is 1.13 bits per heavy atom. The lowest BCUT2D eigenvalue weighted by Gasteiger charge is -2.14. The highest BCUT2D eigenvalue weighted by Gasteiger charge is 2.32. The van der Waals surface area contributed by atoms with Gasteiger partial charge in [-0.05, 0) is 38.0 Å². The topological polar surface area (TPSA) is 66.7 Å². The highest BCUT2D eigenvalue weighted by Crippen LogP contribution is 2.33. The van der Waals surface area contributed by atoms with E-state index < -0.39 is 0 Å². The molecule has 8 heteroatoms. The minimum Gasteiger partial charge on any atom is -0.370 e. The van der Waals surface area contributed by atoms with Crippen molar-refractivity contribution in [2.24, 2.45) is 0 Å². The van der Waals surface area contributed by atoms with Crippen LogP contribution < -0.4 is 10.9 Å². The van der Waals surface area contributed by atoms with Crippen LogP contribution in [-0.2, 0) is 4.79 Å². The number of rotatable bonds is 10. The number of anilines is 1. The summed E-state index contributed by atoms with van der Waals surface area (Å²) >= 11 is 6.71. The van der Waals surface area contributed by atoms with E-state index in [1.165, 1.54) is 41.8 Å². The first-order chi connectivity index (χ1) is 15.0. The number of aryl methyl sites for hydroxylation is 1. The standard InChI is InChI=1S/C23H30N4O2S2/c1-4-6-7-8-9-10-13-26-22(29)18(31-23(26)30)14-17-20(24-5-2)25-19-12-11-16(3)15-27(19)21(17)28/h11-12,14-15,24H,4-10,13H2,1-3H3/b18-14+. The molecule has 1 aliphatic rings. The van der Waals surface area contributed by atoms with Gasteiger partial charge in [0.1, 0.15) is 15.8 Å². The van der Waals surface area contributed by atoms with Gasteiger partial charge in [0.05, 0.1) is 10.5 Å². The maximum absolute atomic E-state index is 13.2. The van der Waals surface area contributed by atoms with Crippen LogP contribution in [0.4, 0.5) is 5.82 Å². The van der Waals surface area contributed by atoms with E-state index in [2.05, 4.69) is 17.2 Å². The Morgan fingerprint density at radius 2 is 1.87 bits per heavy atom. The third kappa shape index (κ3) is 5.54. The fraction of sp³-hybridized carbons (Fsp3) is 0.478. The first-order valence-corrected chi connectivity index (χ1v) is 12.2. The number of carbonyl (C=O) groups excluding carboxylic acids is 1. The number of fused-ring (bicyclic) bond motifs is 1. The maximum Gasteiger partial charge on any atom is 0.267 e. The third-order valence-electron chi connectivity index (χ3n) is 5.23. The van der Waals surface area contributed by atoms with Gasteiger partial charge in [0.2, 0.25) is 0 Å². The molecule has 1 fully saturated rings. The molecule has 1 amide bonds. The van der Waals surface area contributed by atoms with Gasteiger partial charge >= 0.3 is 0 Å². The second-order valence-electron chi connectivity index (χ2n) is 7.75. The van der Waals surface area contributed by atoms with Crippen LogP contribution in [0.5, 0.6) is 0 Å². The number of thioether (sulfide) groups is 1. The number of carbonyl (C=O) groups is 1. The number of amides is 1. The van der Waals surface area contributed by atoms with Crippen molar-refractivity contribution in [2.45, 2.75) is 59.3 Å². The van der Waals surface area contributed by atoms with Crippen LogP contribution in [0.2, 0.25) is 0 Å². The van der Waals surface area contributed by atoms with Gasteiger partial charge in [0.15, 0.2) is 0 Å². The molecule has 0 radical (unpaired) electrons. The molecule has 0 aromatic carbocycles. The Hall–Kier alpha value is -2.19. The lowest BCUT2D eigenvalue weighted by atomic mass is 10.1. The molecule has 0 aliphatic carbocycles. The maximum atomic E-state index is 13.2. The van der Waals surface area contributed by atoms with Crippen LogP contribution in [0.15, 0.2) is 28.0 Å². The van der Waals surface area contributed by atoms with Gasteiger partial charge in [-0.3, -0.25) is 18.9 Å². The number of aromatic nitrogens is 2. The molecular formula is C23H30N4O2S2. The van der Waals surface area contributed by atoms with E-state index in [4.69, 9.17) is 12.2 Å². The van der Waals surface area contributed by atoms with Crippen LogP contribution in [0.25, 0.3) is 11.7 Å². The van der Waals surface area contributed by atoms with E-state index >= 15 is 0 Å².